The van der Waals surface area contributed by atoms with E-state index < -0.39 is 0 Å². The van der Waals surface area contributed by atoms with E-state index >= 15 is 0 Å². The van der Waals surface area contributed by atoms with Crippen LogP contribution < -0.4 is 0 Å². The predicted octanol–water partition coefficient (Wildman–Crippen LogP) is 4.91. The monoisotopic (exact) mass is 234 g/mol. The quantitative estimate of drug-likeness (QED) is 0.475. The summed E-state index contributed by atoms with van der Waals surface area (Å²) in [5.74, 6) is 0. The molecular formula is C11H22OS2. The molecule has 0 aliphatic rings. The van der Waals surface area contributed by atoms with Crippen molar-refractivity contribution in [1.29, 1.82) is 0 Å². The summed E-state index contributed by atoms with van der Waals surface area (Å²) < 4.78 is -0.0523. The van der Waals surface area contributed by atoms with Crippen molar-refractivity contribution < 1.29 is 4.79 Å². The van der Waals surface area contributed by atoms with E-state index in [1.165, 1.54) is 50.3 Å². The molecule has 14 heavy (non-hydrogen) atoms. The number of unbranched alkanes of at least 4 members (excludes halogenated alkanes) is 5. The molecule has 0 aromatic carbocycles. The van der Waals surface area contributed by atoms with Gasteiger partial charge < -0.3 is 0 Å². The molecule has 0 aromatic rings. The topological polar surface area (TPSA) is 17.1 Å². The van der Waals surface area contributed by atoms with Crippen LogP contribution in [0.15, 0.2) is 0 Å². The molecule has 0 bridgehead atoms. The van der Waals surface area contributed by atoms with Crippen LogP contribution >= 0.6 is 24.4 Å². The van der Waals surface area contributed by atoms with Crippen LogP contribution in [0.4, 0.5) is 4.79 Å². The zero-order chi connectivity index (χ0) is 10.8. The second-order valence-corrected chi connectivity index (χ2v) is 5.87. The summed E-state index contributed by atoms with van der Waals surface area (Å²) in [7, 11) is 0. The lowest BCUT2D eigenvalue weighted by Gasteiger charge is -2.07. The van der Waals surface area contributed by atoms with E-state index in [2.05, 4.69) is 26.5 Å². The Morgan fingerprint density at radius 2 is 1.79 bits per heavy atom. The van der Waals surface area contributed by atoms with Gasteiger partial charge in [-0.2, -0.15) is 0 Å². The van der Waals surface area contributed by atoms with Crippen LogP contribution in [-0.2, 0) is 0 Å². The lowest BCUT2D eigenvalue weighted by Crippen LogP contribution is -1.97. The minimum absolute atomic E-state index is 0.0523. The van der Waals surface area contributed by atoms with E-state index in [9.17, 15) is 4.79 Å². The van der Waals surface area contributed by atoms with E-state index in [1.807, 2.05) is 0 Å². The molecule has 1 unspecified atom stereocenters. The van der Waals surface area contributed by atoms with Gasteiger partial charge in [0.1, 0.15) is 0 Å². The molecule has 0 radical (unpaired) electrons. The second-order valence-electron chi connectivity index (χ2n) is 3.75. The molecule has 0 aliphatic heterocycles. The fraction of sp³-hybridized carbons (Fsp3) is 0.909. The molecule has 1 atom stereocenters. The Morgan fingerprint density at radius 1 is 1.21 bits per heavy atom. The highest BCUT2D eigenvalue weighted by Gasteiger charge is 2.05. The molecule has 0 saturated carbocycles. The minimum atomic E-state index is -0.0523. The van der Waals surface area contributed by atoms with Gasteiger partial charge >= 0.3 is 0 Å². The first kappa shape index (κ1) is 14.4. The van der Waals surface area contributed by atoms with Gasteiger partial charge in [-0.1, -0.05) is 76.8 Å². The van der Waals surface area contributed by atoms with E-state index in [0.29, 0.717) is 5.25 Å². The van der Waals surface area contributed by atoms with Gasteiger partial charge in [0.05, 0.1) is 0 Å². The molecule has 0 spiro atoms. The zero-order valence-electron chi connectivity index (χ0n) is 9.29. The molecule has 0 N–H and O–H groups in total. The zero-order valence-corrected chi connectivity index (χ0v) is 11.0. The normalized spacial score (nSPS) is 12.8. The predicted molar refractivity (Wildman–Crippen MR) is 69.4 cm³/mol. The van der Waals surface area contributed by atoms with Crippen molar-refractivity contribution in [2.75, 3.05) is 0 Å². The highest BCUT2D eigenvalue weighted by Crippen LogP contribution is 2.20. The Kier molecular flexibility index (Phi) is 10.2. The highest BCUT2D eigenvalue weighted by atomic mass is 32.2. The summed E-state index contributed by atoms with van der Waals surface area (Å²) in [4.78, 5) is 10.7. The van der Waals surface area contributed by atoms with Crippen molar-refractivity contribution in [2.24, 2.45) is 0 Å². The first-order valence-electron chi connectivity index (χ1n) is 5.56. The number of thiol groups is 1. The molecule has 0 fully saturated rings. The van der Waals surface area contributed by atoms with E-state index in [4.69, 9.17) is 0 Å². The third-order valence-electron chi connectivity index (χ3n) is 2.27. The van der Waals surface area contributed by atoms with Gasteiger partial charge in [-0.3, -0.25) is 4.79 Å². The maximum absolute atomic E-state index is 10.7. The maximum atomic E-state index is 10.7. The minimum Gasteiger partial charge on any atom is -0.275 e. The molecule has 0 aliphatic carbocycles. The number of carbonyl (C=O) groups is 1. The number of thioether (sulfide) groups is 1. The summed E-state index contributed by atoms with van der Waals surface area (Å²) in [6.07, 6.45) is 9.08. The molecule has 1 nitrogen and oxygen atoms in total. The number of rotatable bonds is 8. The molecular weight excluding hydrogens is 212 g/mol. The summed E-state index contributed by atoms with van der Waals surface area (Å²) in [5, 5.41) is 0.436. The highest BCUT2D eigenvalue weighted by molar-refractivity contribution is 8.32. The van der Waals surface area contributed by atoms with Crippen molar-refractivity contribution in [2.45, 2.75) is 64.0 Å². The Labute approximate surface area is 97.8 Å². The summed E-state index contributed by atoms with van der Waals surface area (Å²) >= 11 is 5.10. The summed E-state index contributed by atoms with van der Waals surface area (Å²) in [6, 6.07) is 0. The van der Waals surface area contributed by atoms with Crippen molar-refractivity contribution in [1.82, 2.24) is 0 Å². The first-order chi connectivity index (χ1) is 6.66. The molecule has 0 heterocycles. The molecule has 0 rings (SSSR count). The van der Waals surface area contributed by atoms with Gasteiger partial charge in [0.2, 0.25) is 4.45 Å². The van der Waals surface area contributed by atoms with E-state index in [0.717, 1.165) is 6.42 Å². The van der Waals surface area contributed by atoms with Crippen LogP contribution in [-0.4, -0.2) is 9.70 Å². The average Bonchev–Trinajstić information content (AvgIpc) is 2.10. The number of carbonyl (C=O) groups excluding carboxylic acids is 1. The Bertz CT molecular complexity index is 148. The Balaban J connectivity index is 3.14. The van der Waals surface area contributed by atoms with Gasteiger partial charge in [-0.25, -0.2) is 0 Å². The van der Waals surface area contributed by atoms with Crippen LogP contribution in [0.2, 0.25) is 0 Å². The van der Waals surface area contributed by atoms with Crippen LogP contribution in [0.3, 0.4) is 0 Å². The van der Waals surface area contributed by atoms with Gasteiger partial charge in [-0.15, -0.1) is 0 Å². The fourth-order valence-corrected chi connectivity index (χ4v) is 2.61. The smallest absolute Gasteiger partial charge is 0.243 e. The molecule has 0 amide bonds. The van der Waals surface area contributed by atoms with Crippen LogP contribution in [0.5, 0.6) is 0 Å². The summed E-state index contributed by atoms with van der Waals surface area (Å²) in [6.45, 7) is 4.34. The second kappa shape index (κ2) is 9.91. The Morgan fingerprint density at radius 3 is 2.36 bits per heavy atom. The van der Waals surface area contributed by atoms with Crippen molar-refractivity contribution in [3.63, 3.8) is 0 Å². The number of hydrogen-bond donors (Lipinski definition) is 1. The van der Waals surface area contributed by atoms with Crippen molar-refractivity contribution in [3.05, 3.63) is 0 Å². The first-order valence-corrected chi connectivity index (χ1v) is 6.89. The molecule has 0 saturated heterocycles. The average molecular weight is 234 g/mol. The van der Waals surface area contributed by atoms with Crippen molar-refractivity contribution in [3.8, 4) is 0 Å². The largest absolute Gasteiger partial charge is 0.275 e. The number of hydrogen-bond acceptors (Lipinski definition) is 2. The van der Waals surface area contributed by atoms with Crippen LogP contribution in [0.1, 0.15) is 58.8 Å². The fourth-order valence-electron chi connectivity index (χ4n) is 1.44. The SMILES string of the molecule is CCCCCCCCC(C)SC(=O)S. The third-order valence-corrected chi connectivity index (χ3v) is 3.42. The van der Waals surface area contributed by atoms with Gasteiger partial charge in [0.25, 0.3) is 0 Å². The summed E-state index contributed by atoms with van der Waals surface area (Å²) in [5.41, 5.74) is 0. The van der Waals surface area contributed by atoms with Crippen LogP contribution in [0.25, 0.3) is 0 Å². The van der Waals surface area contributed by atoms with E-state index in [-0.39, 0.29) is 4.45 Å². The lowest BCUT2D eigenvalue weighted by atomic mass is 10.1. The maximum Gasteiger partial charge on any atom is 0.243 e. The van der Waals surface area contributed by atoms with Crippen molar-refractivity contribution >= 4 is 28.8 Å². The standard InChI is InChI=1S/C11H22OS2/c1-3-4-5-6-7-8-9-10(2)14-11(12)13/h10H,3-9H2,1-2H3,(H,12,13). The molecule has 84 valence electrons. The van der Waals surface area contributed by atoms with Gasteiger partial charge in [0.15, 0.2) is 0 Å². The van der Waals surface area contributed by atoms with Crippen LogP contribution in [0, 0.1) is 0 Å². The Hall–Kier alpha value is 0.370. The molecule has 0 aromatic heterocycles. The van der Waals surface area contributed by atoms with E-state index in [1.54, 1.807) is 0 Å². The third kappa shape index (κ3) is 10.5. The van der Waals surface area contributed by atoms with Gasteiger partial charge in [0, 0.05) is 5.25 Å². The lowest BCUT2D eigenvalue weighted by molar-refractivity contribution is 0.277. The molecule has 3 heteroatoms. The van der Waals surface area contributed by atoms with Gasteiger partial charge in [-0.05, 0) is 6.42 Å².